The number of nitrogens with two attached hydrogens (primary N) is 1. The van der Waals surface area contributed by atoms with E-state index in [2.05, 4.69) is 20.3 Å². The molecular formula is C22H28N6O4. The second-order valence-electron chi connectivity index (χ2n) is 8.45. The Balaban J connectivity index is 1.55. The van der Waals surface area contributed by atoms with Crippen molar-refractivity contribution in [3.05, 3.63) is 35.9 Å². The molecule has 5 rings (SSSR count). The first kappa shape index (κ1) is 20.9. The number of rotatable bonds is 6. The molecule has 170 valence electrons. The summed E-state index contributed by atoms with van der Waals surface area (Å²) in [6.45, 7) is 2.20. The summed E-state index contributed by atoms with van der Waals surface area (Å²) in [5, 5.41) is 24.3. The largest absolute Gasteiger partial charge is 0.460 e. The molecule has 0 amide bonds. The van der Waals surface area contributed by atoms with Crippen LogP contribution in [0.4, 0.5) is 11.8 Å². The lowest BCUT2D eigenvalue weighted by Gasteiger charge is -2.20. The number of fused-ring (bicyclic) bond motifs is 1. The second-order valence-corrected chi connectivity index (χ2v) is 8.45. The number of aliphatic hydroxyl groups is 2. The SMILES string of the molecule is C[C@H]1O[C@@H](n2c(NCc3ccccc3)nc3c(N)nc(OC4CCCC4)nc32)[C@H](O)[C@@H]1O. The fourth-order valence-corrected chi connectivity index (χ4v) is 4.37. The van der Waals surface area contributed by atoms with Gasteiger partial charge in [-0.25, -0.2) is 4.98 Å². The molecule has 32 heavy (non-hydrogen) atoms. The van der Waals surface area contributed by atoms with Crippen molar-refractivity contribution < 1.29 is 19.7 Å². The number of hydrogen-bond donors (Lipinski definition) is 4. The van der Waals surface area contributed by atoms with Crippen molar-refractivity contribution >= 4 is 22.9 Å². The number of nitrogens with one attached hydrogen (secondary N) is 1. The molecule has 10 nitrogen and oxygen atoms in total. The van der Waals surface area contributed by atoms with E-state index in [9.17, 15) is 10.2 Å². The lowest BCUT2D eigenvalue weighted by atomic mass is 10.1. The molecule has 2 aliphatic rings. The highest BCUT2D eigenvalue weighted by atomic mass is 16.6. The van der Waals surface area contributed by atoms with Crippen LogP contribution >= 0.6 is 0 Å². The average Bonchev–Trinajstić information content (AvgIpc) is 3.49. The van der Waals surface area contributed by atoms with Crippen LogP contribution in [-0.4, -0.2) is 54.1 Å². The third-order valence-corrected chi connectivity index (χ3v) is 6.15. The molecule has 0 spiro atoms. The number of nitrogens with zero attached hydrogens (tertiary/aromatic N) is 4. The van der Waals surface area contributed by atoms with Gasteiger partial charge in [0.2, 0.25) is 5.95 Å². The van der Waals surface area contributed by atoms with E-state index in [-0.39, 0.29) is 17.9 Å². The Labute approximate surface area is 185 Å². The first-order valence-corrected chi connectivity index (χ1v) is 11.0. The number of nitrogen functional groups attached to an aromatic ring is 1. The molecule has 4 atom stereocenters. The summed E-state index contributed by atoms with van der Waals surface area (Å²) in [6, 6.07) is 10.0. The van der Waals surface area contributed by atoms with Crippen LogP contribution in [0.2, 0.25) is 0 Å². The van der Waals surface area contributed by atoms with Gasteiger partial charge in [0.1, 0.15) is 18.3 Å². The van der Waals surface area contributed by atoms with Gasteiger partial charge in [-0.2, -0.15) is 9.97 Å². The van der Waals surface area contributed by atoms with Gasteiger partial charge in [0.25, 0.3) is 0 Å². The van der Waals surface area contributed by atoms with Gasteiger partial charge in [-0.15, -0.1) is 0 Å². The fourth-order valence-electron chi connectivity index (χ4n) is 4.37. The van der Waals surface area contributed by atoms with E-state index in [1.54, 1.807) is 11.5 Å². The molecule has 3 heterocycles. The van der Waals surface area contributed by atoms with E-state index in [0.717, 1.165) is 31.2 Å². The van der Waals surface area contributed by atoms with E-state index in [1.165, 1.54) is 0 Å². The summed E-state index contributed by atoms with van der Waals surface area (Å²) in [5.74, 6) is 0.596. The fraction of sp³-hybridized carbons (Fsp3) is 0.500. The van der Waals surface area contributed by atoms with E-state index in [4.69, 9.17) is 15.2 Å². The van der Waals surface area contributed by atoms with Crippen molar-refractivity contribution in [2.75, 3.05) is 11.1 Å². The molecule has 1 aromatic carbocycles. The number of aliphatic hydroxyl groups excluding tert-OH is 2. The standard InChI is InChI=1S/C22H28N6O4/c1-12-16(29)17(30)20(31-12)28-19-15(25-21(28)24-11-13-7-3-2-4-8-13)18(23)26-22(27-19)32-14-9-5-6-10-14/h2-4,7-8,12,14,16-17,20,29-30H,5-6,9-11H2,1H3,(H,24,25)(H2,23,26,27)/t12-,16-,17-,20-/m1/s1. The Hall–Kier alpha value is -2.95. The van der Waals surface area contributed by atoms with Crippen molar-refractivity contribution in [1.29, 1.82) is 0 Å². The van der Waals surface area contributed by atoms with Crippen LogP contribution in [0, 0.1) is 0 Å². The molecule has 1 aliphatic heterocycles. The highest BCUT2D eigenvalue weighted by molar-refractivity contribution is 5.84. The van der Waals surface area contributed by atoms with Crippen LogP contribution in [-0.2, 0) is 11.3 Å². The number of imidazole rings is 1. The van der Waals surface area contributed by atoms with Crippen molar-refractivity contribution in [2.45, 2.75) is 69.8 Å². The van der Waals surface area contributed by atoms with Gasteiger partial charge in [0, 0.05) is 6.54 Å². The normalized spacial score (nSPS) is 26.1. The number of ether oxygens (including phenoxy) is 2. The van der Waals surface area contributed by atoms with Crippen LogP contribution in [0.1, 0.15) is 44.4 Å². The van der Waals surface area contributed by atoms with Crippen molar-refractivity contribution in [2.24, 2.45) is 0 Å². The van der Waals surface area contributed by atoms with Crippen LogP contribution in [0.25, 0.3) is 11.2 Å². The molecule has 2 fully saturated rings. The Morgan fingerprint density at radius 1 is 1.12 bits per heavy atom. The molecule has 10 heteroatoms. The van der Waals surface area contributed by atoms with E-state index < -0.39 is 24.5 Å². The van der Waals surface area contributed by atoms with Crippen LogP contribution < -0.4 is 15.8 Å². The van der Waals surface area contributed by atoms with Gasteiger partial charge >= 0.3 is 6.01 Å². The predicted molar refractivity (Wildman–Crippen MR) is 118 cm³/mol. The third kappa shape index (κ3) is 3.85. The molecule has 1 saturated carbocycles. The summed E-state index contributed by atoms with van der Waals surface area (Å²) in [4.78, 5) is 13.5. The Kier molecular flexibility index (Phi) is 5.58. The maximum absolute atomic E-state index is 10.7. The average molecular weight is 441 g/mol. The minimum atomic E-state index is -1.16. The lowest BCUT2D eigenvalue weighted by molar-refractivity contribution is -0.0287. The molecule has 0 unspecified atom stereocenters. The van der Waals surface area contributed by atoms with Gasteiger partial charge in [-0.3, -0.25) is 4.57 Å². The molecular weight excluding hydrogens is 412 g/mol. The van der Waals surface area contributed by atoms with E-state index in [1.807, 2.05) is 30.3 Å². The predicted octanol–water partition coefficient (Wildman–Crippen LogP) is 1.98. The summed E-state index contributed by atoms with van der Waals surface area (Å²) in [6.07, 6.45) is 0.575. The number of aromatic nitrogens is 4. The molecule has 5 N–H and O–H groups in total. The highest BCUT2D eigenvalue weighted by Crippen LogP contribution is 2.36. The molecule has 0 bridgehead atoms. The van der Waals surface area contributed by atoms with E-state index in [0.29, 0.717) is 23.7 Å². The van der Waals surface area contributed by atoms with Gasteiger partial charge < -0.3 is 30.7 Å². The molecule has 0 radical (unpaired) electrons. The molecule has 2 aromatic heterocycles. The number of benzene rings is 1. The van der Waals surface area contributed by atoms with Gasteiger partial charge in [-0.05, 0) is 38.2 Å². The zero-order valence-corrected chi connectivity index (χ0v) is 17.9. The summed E-state index contributed by atoms with van der Waals surface area (Å²) in [5.41, 5.74) is 8.03. The number of anilines is 2. The molecule has 1 saturated heterocycles. The quantitative estimate of drug-likeness (QED) is 0.453. The van der Waals surface area contributed by atoms with Crippen molar-refractivity contribution in [1.82, 2.24) is 19.5 Å². The topological polar surface area (TPSA) is 141 Å². The summed E-state index contributed by atoms with van der Waals surface area (Å²) in [7, 11) is 0. The maximum Gasteiger partial charge on any atom is 0.320 e. The molecule has 1 aliphatic carbocycles. The van der Waals surface area contributed by atoms with Crippen LogP contribution in [0.15, 0.2) is 30.3 Å². The highest BCUT2D eigenvalue weighted by Gasteiger charge is 2.43. The maximum atomic E-state index is 10.7. The summed E-state index contributed by atoms with van der Waals surface area (Å²) >= 11 is 0. The minimum Gasteiger partial charge on any atom is -0.460 e. The zero-order valence-electron chi connectivity index (χ0n) is 17.9. The van der Waals surface area contributed by atoms with Crippen LogP contribution in [0.3, 0.4) is 0 Å². The summed E-state index contributed by atoms with van der Waals surface area (Å²) < 4.78 is 13.5. The Bertz CT molecular complexity index is 1080. The Morgan fingerprint density at radius 2 is 1.88 bits per heavy atom. The molecule has 3 aromatic rings. The Morgan fingerprint density at radius 3 is 2.56 bits per heavy atom. The van der Waals surface area contributed by atoms with Crippen LogP contribution in [0.5, 0.6) is 6.01 Å². The second kappa shape index (κ2) is 8.53. The van der Waals surface area contributed by atoms with Gasteiger partial charge in [-0.1, -0.05) is 30.3 Å². The van der Waals surface area contributed by atoms with Gasteiger partial charge in [0.05, 0.1) is 6.10 Å². The van der Waals surface area contributed by atoms with E-state index >= 15 is 0 Å². The first-order chi connectivity index (χ1) is 15.5. The number of hydrogen-bond acceptors (Lipinski definition) is 9. The first-order valence-electron chi connectivity index (χ1n) is 11.0. The third-order valence-electron chi connectivity index (χ3n) is 6.15. The minimum absolute atomic E-state index is 0.0639. The monoisotopic (exact) mass is 440 g/mol. The van der Waals surface area contributed by atoms with Gasteiger partial charge in [0.15, 0.2) is 23.2 Å². The smallest absolute Gasteiger partial charge is 0.320 e. The van der Waals surface area contributed by atoms with Crippen molar-refractivity contribution in [3.63, 3.8) is 0 Å². The van der Waals surface area contributed by atoms with Crippen molar-refractivity contribution in [3.8, 4) is 6.01 Å². The lowest BCUT2D eigenvalue weighted by Crippen LogP contribution is -2.30. The zero-order chi connectivity index (χ0) is 22.2.